The van der Waals surface area contributed by atoms with Crippen molar-refractivity contribution < 1.29 is 9.59 Å². The molecule has 1 saturated heterocycles. The lowest BCUT2D eigenvalue weighted by atomic mass is 10.1. The average molecular weight is 411 g/mol. The largest absolute Gasteiger partial charge is 0.377 e. The highest BCUT2D eigenvalue weighted by molar-refractivity contribution is 7.99. The van der Waals surface area contributed by atoms with Gasteiger partial charge in [-0.3, -0.25) is 14.9 Å². The number of nitrogens with zero attached hydrogens (tertiary/aromatic N) is 5. The van der Waals surface area contributed by atoms with Gasteiger partial charge in [-0.2, -0.15) is 4.98 Å². The van der Waals surface area contributed by atoms with Gasteiger partial charge in [0.15, 0.2) is 5.65 Å². The lowest BCUT2D eigenvalue weighted by molar-refractivity contribution is -0.134. The molecule has 0 spiro atoms. The Labute approximate surface area is 172 Å². The van der Waals surface area contributed by atoms with Gasteiger partial charge in [0.25, 0.3) is 0 Å². The number of anilines is 2. The normalized spacial score (nSPS) is 16.2. The molecule has 3 aromatic rings. The molecule has 9 heteroatoms. The third-order valence-corrected chi connectivity index (χ3v) is 5.86. The van der Waals surface area contributed by atoms with Gasteiger partial charge >= 0.3 is 0 Å². The molecule has 2 amide bonds. The van der Waals surface area contributed by atoms with Crippen molar-refractivity contribution in [3.05, 3.63) is 42.6 Å². The minimum absolute atomic E-state index is 0.109. The van der Waals surface area contributed by atoms with Gasteiger partial charge < -0.3 is 9.80 Å². The van der Waals surface area contributed by atoms with Crippen molar-refractivity contribution in [3.63, 3.8) is 0 Å². The van der Waals surface area contributed by atoms with Crippen molar-refractivity contribution in [1.82, 2.24) is 19.5 Å². The first kappa shape index (κ1) is 19.3. The molecule has 0 saturated carbocycles. The Hall–Kier alpha value is -3.07. The highest BCUT2D eigenvalue weighted by Crippen LogP contribution is 2.29. The van der Waals surface area contributed by atoms with Gasteiger partial charge in [0.1, 0.15) is 6.04 Å². The van der Waals surface area contributed by atoms with E-state index in [4.69, 9.17) is 0 Å². The van der Waals surface area contributed by atoms with Gasteiger partial charge in [0, 0.05) is 49.8 Å². The number of pyridine rings is 1. The number of benzene rings is 1. The second-order valence-electron chi connectivity index (χ2n) is 7.06. The van der Waals surface area contributed by atoms with Crippen LogP contribution in [-0.4, -0.2) is 63.1 Å². The Bertz CT molecular complexity index is 1080. The molecule has 1 fully saturated rings. The molecule has 0 unspecified atom stereocenters. The molecule has 1 N–H and O–H groups in total. The molecule has 1 aliphatic rings. The van der Waals surface area contributed by atoms with Gasteiger partial charge in [0.05, 0.1) is 5.88 Å². The van der Waals surface area contributed by atoms with Crippen molar-refractivity contribution in [3.8, 4) is 11.1 Å². The van der Waals surface area contributed by atoms with E-state index in [9.17, 15) is 9.59 Å². The lowest BCUT2D eigenvalue weighted by Crippen LogP contribution is -2.43. The van der Waals surface area contributed by atoms with Crippen LogP contribution in [0, 0.1) is 0 Å². The van der Waals surface area contributed by atoms with Crippen LogP contribution in [0.25, 0.3) is 16.8 Å². The SMILES string of the molecule is CC(=O)N1CSC[C@@H]1C(=O)Nc1nc2ccc(-c3ccccc3N(C)C)cn2n1. The van der Waals surface area contributed by atoms with Crippen molar-refractivity contribution >= 4 is 40.9 Å². The van der Waals surface area contributed by atoms with Crippen LogP contribution in [0.1, 0.15) is 6.92 Å². The number of amides is 2. The standard InChI is InChI=1S/C20H22N6O2S/c1-13(27)25-12-29-11-17(25)19(28)22-20-21-18-9-8-14(10-26(18)23-20)15-6-4-5-7-16(15)24(2)3/h4-10,17H,11-12H2,1-3H3,(H,22,23,28)/t17-/m1/s1. The summed E-state index contributed by atoms with van der Waals surface area (Å²) in [5.74, 6) is 0.959. The average Bonchev–Trinajstić information content (AvgIpc) is 3.34. The number of fused-ring (bicyclic) bond motifs is 1. The van der Waals surface area contributed by atoms with Gasteiger partial charge in [-0.25, -0.2) is 4.52 Å². The van der Waals surface area contributed by atoms with Crippen molar-refractivity contribution in [1.29, 1.82) is 0 Å². The number of nitrogens with one attached hydrogen (secondary N) is 1. The molecular formula is C20H22N6O2S. The molecule has 1 aromatic carbocycles. The summed E-state index contributed by atoms with van der Waals surface area (Å²) >= 11 is 1.56. The Morgan fingerprint density at radius 2 is 2.00 bits per heavy atom. The Balaban J connectivity index is 1.60. The number of hydrogen-bond donors (Lipinski definition) is 1. The fraction of sp³-hybridized carbons (Fsp3) is 0.300. The smallest absolute Gasteiger partial charge is 0.250 e. The summed E-state index contributed by atoms with van der Waals surface area (Å²) in [5.41, 5.74) is 3.82. The van der Waals surface area contributed by atoms with E-state index < -0.39 is 6.04 Å². The second kappa shape index (κ2) is 7.75. The molecule has 3 heterocycles. The quantitative estimate of drug-likeness (QED) is 0.711. The second-order valence-corrected chi connectivity index (χ2v) is 8.06. The maximum atomic E-state index is 12.6. The van der Waals surface area contributed by atoms with Crippen molar-refractivity contribution in [2.24, 2.45) is 0 Å². The van der Waals surface area contributed by atoms with E-state index in [1.807, 2.05) is 44.6 Å². The summed E-state index contributed by atoms with van der Waals surface area (Å²) in [6.07, 6.45) is 1.90. The molecule has 0 aliphatic carbocycles. The molecule has 0 bridgehead atoms. The first-order valence-electron chi connectivity index (χ1n) is 9.23. The van der Waals surface area contributed by atoms with Crippen LogP contribution in [-0.2, 0) is 9.59 Å². The first-order valence-corrected chi connectivity index (χ1v) is 10.4. The molecule has 8 nitrogen and oxygen atoms in total. The van der Waals surface area contributed by atoms with Crippen LogP contribution in [0.2, 0.25) is 0 Å². The molecule has 1 aliphatic heterocycles. The van der Waals surface area contributed by atoms with Gasteiger partial charge in [-0.1, -0.05) is 18.2 Å². The predicted molar refractivity (Wildman–Crippen MR) is 115 cm³/mol. The number of aromatic nitrogens is 3. The van der Waals surface area contributed by atoms with Crippen molar-refractivity contribution in [2.75, 3.05) is 35.9 Å². The fourth-order valence-electron chi connectivity index (χ4n) is 3.37. The number of thioether (sulfide) groups is 1. The zero-order valence-electron chi connectivity index (χ0n) is 16.5. The van der Waals surface area contributed by atoms with E-state index in [1.54, 1.807) is 21.2 Å². The minimum atomic E-state index is -0.494. The molecule has 29 heavy (non-hydrogen) atoms. The van der Waals surface area contributed by atoms with Crippen LogP contribution in [0.3, 0.4) is 0 Å². The maximum Gasteiger partial charge on any atom is 0.250 e. The first-order chi connectivity index (χ1) is 13.9. The van der Waals surface area contributed by atoms with Crippen LogP contribution in [0.4, 0.5) is 11.6 Å². The zero-order valence-corrected chi connectivity index (χ0v) is 17.3. The molecule has 0 radical (unpaired) electrons. The Morgan fingerprint density at radius 1 is 1.21 bits per heavy atom. The Morgan fingerprint density at radius 3 is 2.76 bits per heavy atom. The maximum absolute atomic E-state index is 12.6. The van der Waals surface area contributed by atoms with Crippen LogP contribution < -0.4 is 10.2 Å². The van der Waals surface area contributed by atoms with Crippen LogP contribution >= 0.6 is 11.8 Å². The molecule has 4 rings (SSSR count). The lowest BCUT2D eigenvalue weighted by Gasteiger charge is -2.20. The van der Waals surface area contributed by atoms with E-state index in [1.165, 1.54) is 6.92 Å². The van der Waals surface area contributed by atoms with Gasteiger partial charge in [0.2, 0.25) is 17.8 Å². The Kier molecular flexibility index (Phi) is 5.14. The summed E-state index contributed by atoms with van der Waals surface area (Å²) in [7, 11) is 4.01. The zero-order chi connectivity index (χ0) is 20.5. The van der Waals surface area contributed by atoms with E-state index >= 15 is 0 Å². The number of carbonyl (C=O) groups excluding carboxylic acids is 2. The molecular weight excluding hydrogens is 388 g/mol. The molecule has 2 aromatic heterocycles. The summed E-state index contributed by atoms with van der Waals surface area (Å²) < 4.78 is 1.66. The van der Waals surface area contributed by atoms with Crippen LogP contribution in [0.15, 0.2) is 42.6 Å². The van der Waals surface area contributed by atoms with Gasteiger partial charge in [-0.15, -0.1) is 16.9 Å². The number of hydrogen-bond acceptors (Lipinski definition) is 6. The number of carbonyl (C=O) groups is 2. The highest BCUT2D eigenvalue weighted by Gasteiger charge is 2.33. The van der Waals surface area contributed by atoms with Crippen molar-refractivity contribution in [2.45, 2.75) is 13.0 Å². The number of para-hydroxylation sites is 1. The number of rotatable bonds is 4. The monoisotopic (exact) mass is 410 g/mol. The van der Waals surface area contributed by atoms with E-state index in [-0.39, 0.29) is 17.8 Å². The summed E-state index contributed by atoms with van der Waals surface area (Å²) in [5, 5.41) is 7.15. The predicted octanol–water partition coefficient (Wildman–Crippen LogP) is 2.32. The highest BCUT2D eigenvalue weighted by atomic mass is 32.2. The van der Waals surface area contributed by atoms with E-state index in [0.29, 0.717) is 17.3 Å². The van der Waals surface area contributed by atoms with Gasteiger partial charge in [-0.05, 0) is 18.2 Å². The molecule has 150 valence electrons. The summed E-state index contributed by atoms with van der Waals surface area (Å²) in [6.45, 7) is 1.47. The summed E-state index contributed by atoms with van der Waals surface area (Å²) in [4.78, 5) is 32.3. The van der Waals surface area contributed by atoms with E-state index in [0.717, 1.165) is 16.8 Å². The fourth-order valence-corrected chi connectivity index (χ4v) is 4.59. The van der Waals surface area contributed by atoms with Crippen LogP contribution in [0.5, 0.6) is 0 Å². The third kappa shape index (κ3) is 3.77. The topological polar surface area (TPSA) is 82.8 Å². The summed E-state index contributed by atoms with van der Waals surface area (Å²) in [6, 6.07) is 11.5. The van der Waals surface area contributed by atoms with E-state index in [2.05, 4.69) is 32.4 Å². The minimum Gasteiger partial charge on any atom is -0.377 e. The molecule has 1 atom stereocenters. The third-order valence-electron chi connectivity index (χ3n) is 4.85.